The van der Waals surface area contributed by atoms with Crippen LogP contribution in [0.2, 0.25) is 0 Å². The Hall–Kier alpha value is 0.130. The van der Waals surface area contributed by atoms with Gasteiger partial charge in [-0.2, -0.15) is 0 Å². The van der Waals surface area contributed by atoms with E-state index in [0.717, 1.165) is 0 Å². The summed E-state index contributed by atoms with van der Waals surface area (Å²) in [4.78, 5) is 10.7. The van der Waals surface area contributed by atoms with Gasteiger partial charge < -0.3 is 9.84 Å². The molecular weight excluding hydrogens is 244 g/mol. The topological polar surface area (TPSA) is 46.5 Å². The summed E-state index contributed by atoms with van der Waals surface area (Å²) in [5, 5.41) is 7.57. The molecule has 0 aromatic rings. The lowest BCUT2D eigenvalue weighted by Crippen LogP contribution is -2.06. The molecule has 1 rings (SSSR count). The Labute approximate surface area is 108 Å². The Morgan fingerprint density at radius 2 is 1.69 bits per heavy atom. The number of carbonyl (C=O) groups is 1. The molecule has 5 heteroatoms. The number of esters is 1. The number of rotatable bonds is 2. The molecule has 1 fully saturated rings. The highest BCUT2D eigenvalue weighted by Crippen LogP contribution is 2.34. The molecule has 1 N–H and O–H groups in total. The maximum Gasteiger partial charge on any atom is 0.307 e. The number of methoxy groups -OCH3 is 1. The predicted octanol–water partition coefficient (Wildman–Crippen LogP) is 2.77. The molecule has 0 aromatic carbocycles. The van der Waals surface area contributed by atoms with Crippen molar-refractivity contribution in [1.82, 2.24) is 0 Å². The highest BCUT2D eigenvalue weighted by molar-refractivity contribution is 8.20. The molecule has 1 aliphatic rings. The summed E-state index contributed by atoms with van der Waals surface area (Å²) >= 11 is 3.70. The van der Waals surface area contributed by atoms with Crippen molar-refractivity contribution in [1.29, 1.82) is 0 Å². The molecule has 0 amide bonds. The predicted molar refractivity (Wildman–Crippen MR) is 74.1 cm³/mol. The van der Waals surface area contributed by atoms with Crippen LogP contribution < -0.4 is 0 Å². The van der Waals surface area contributed by atoms with Gasteiger partial charge in [-0.05, 0) is 6.92 Å². The molecule has 1 saturated heterocycles. The average molecular weight is 268 g/mol. The van der Waals surface area contributed by atoms with Crippen LogP contribution in [0.3, 0.4) is 0 Å². The van der Waals surface area contributed by atoms with Crippen molar-refractivity contribution in [3.8, 4) is 0 Å². The second-order valence-electron chi connectivity index (χ2n) is 2.97. The van der Waals surface area contributed by atoms with Gasteiger partial charge in [0.2, 0.25) is 0 Å². The molecule has 16 heavy (non-hydrogen) atoms. The number of thioether (sulfide) groups is 2. The largest absolute Gasteiger partial charge is 0.469 e. The summed E-state index contributed by atoms with van der Waals surface area (Å²) in [6.07, 6.45) is 1.81. The third-order valence-electron chi connectivity index (χ3n) is 1.25. The Morgan fingerprint density at radius 1 is 1.31 bits per heavy atom. The van der Waals surface area contributed by atoms with Crippen LogP contribution in [0.5, 0.6) is 0 Å². The van der Waals surface area contributed by atoms with E-state index >= 15 is 0 Å². The minimum Gasteiger partial charge on any atom is -0.469 e. The van der Waals surface area contributed by atoms with Gasteiger partial charge >= 0.3 is 5.97 Å². The first-order valence-electron chi connectivity index (χ1n) is 5.56. The molecule has 3 nitrogen and oxygen atoms in total. The lowest BCUT2D eigenvalue weighted by molar-refractivity contribution is -0.140. The summed E-state index contributed by atoms with van der Waals surface area (Å²) in [6.45, 7) is 6.18. The first-order chi connectivity index (χ1) is 7.65. The summed E-state index contributed by atoms with van der Waals surface area (Å²) < 4.78 is 5.00. The highest BCUT2D eigenvalue weighted by Gasteiger charge is 2.19. The molecule has 0 atom stereocenters. The third kappa shape index (κ3) is 14.1. The molecule has 0 aliphatic carbocycles. The number of hydrogen-bond acceptors (Lipinski definition) is 5. The van der Waals surface area contributed by atoms with E-state index in [-0.39, 0.29) is 12.6 Å². The molecular formula is C11H24O3S2. The SMILES string of the molecule is CCC.CCO.COC(=O)CC1SCCS1. The number of ether oxygens (including phenoxy) is 1. The van der Waals surface area contributed by atoms with Crippen molar-refractivity contribution in [2.75, 3.05) is 25.2 Å². The fraction of sp³-hybridized carbons (Fsp3) is 0.909. The van der Waals surface area contributed by atoms with Crippen LogP contribution in [0.15, 0.2) is 0 Å². The third-order valence-corrected chi connectivity index (χ3v) is 4.28. The number of hydrogen-bond donors (Lipinski definition) is 1. The monoisotopic (exact) mass is 268 g/mol. The lowest BCUT2D eigenvalue weighted by atomic mass is 10.5. The van der Waals surface area contributed by atoms with Crippen molar-refractivity contribution in [3.63, 3.8) is 0 Å². The number of aliphatic hydroxyl groups is 1. The van der Waals surface area contributed by atoms with Crippen LogP contribution in [0.25, 0.3) is 0 Å². The molecule has 0 aromatic heterocycles. The summed E-state index contributed by atoms with van der Waals surface area (Å²) in [5.41, 5.74) is 0. The number of aliphatic hydroxyl groups excluding tert-OH is 1. The van der Waals surface area contributed by atoms with Gasteiger partial charge in [0.05, 0.1) is 18.1 Å². The van der Waals surface area contributed by atoms with E-state index in [2.05, 4.69) is 18.6 Å². The zero-order valence-electron chi connectivity index (χ0n) is 10.7. The fourth-order valence-electron chi connectivity index (χ4n) is 0.744. The summed E-state index contributed by atoms with van der Waals surface area (Å²) in [5.74, 6) is 2.26. The molecule has 0 unspecified atom stereocenters. The highest BCUT2D eigenvalue weighted by atomic mass is 32.2. The van der Waals surface area contributed by atoms with Crippen molar-refractivity contribution in [3.05, 3.63) is 0 Å². The second kappa shape index (κ2) is 15.1. The molecule has 0 saturated carbocycles. The Balaban J connectivity index is 0. The molecule has 98 valence electrons. The second-order valence-corrected chi connectivity index (χ2v) is 5.89. The zero-order valence-corrected chi connectivity index (χ0v) is 12.3. The summed E-state index contributed by atoms with van der Waals surface area (Å²) in [6, 6.07) is 0. The Kier molecular flexibility index (Phi) is 17.5. The number of carbonyl (C=O) groups excluding carboxylic acids is 1. The van der Waals surface area contributed by atoms with E-state index in [0.29, 0.717) is 11.0 Å². The van der Waals surface area contributed by atoms with Gasteiger partial charge in [-0.1, -0.05) is 20.3 Å². The van der Waals surface area contributed by atoms with Gasteiger partial charge in [0.1, 0.15) is 0 Å². The van der Waals surface area contributed by atoms with Crippen LogP contribution in [0.1, 0.15) is 33.6 Å². The van der Waals surface area contributed by atoms with E-state index in [9.17, 15) is 4.79 Å². The smallest absolute Gasteiger partial charge is 0.307 e. The lowest BCUT2D eigenvalue weighted by Gasteiger charge is -2.03. The molecule has 1 aliphatic heterocycles. The Morgan fingerprint density at radius 3 is 2.00 bits per heavy atom. The van der Waals surface area contributed by atoms with Gasteiger partial charge in [0, 0.05) is 18.1 Å². The molecule has 1 heterocycles. The minimum absolute atomic E-state index is 0.0908. The van der Waals surface area contributed by atoms with Gasteiger partial charge in [-0.25, -0.2) is 0 Å². The van der Waals surface area contributed by atoms with E-state index in [1.54, 1.807) is 6.92 Å². The first-order valence-corrected chi connectivity index (χ1v) is 7.66. The molecule has 0 spiro atoms. The van der Waals surface area contributed by atoms with E-state index in [1.165, 1.54) is 25.0 Å². The Bertz CT molecular complexity index is 146. The zero-order chi connectivity index (χ0) is 12.8. The van der Waals surface area contributed by atoms with Crippen LogP contribution in [0.4, 0.5) is 0 Å². The van der Waals surface area contributed by atoms with E-state index in [1.807, 2.05) is 23.5 Å². The van der Waals surface area contributed by atoms with Crippen LogP contribution in [-0.2, 0) is 9.53 Å². The first kappa shape index (κ1) is 18.5. The van der Waals surface area contributed by atoms with Crippen molar-refractivity contribution in [2.45, 2.75) is 38.2 Å². The van der Waals surface area contributed by atoms with E-state index in [4.69, 9.17) is 5.11 Å². The van der Waals surface area contributed by atoms with Crippen LogP contribution in [-0.4, -0.2) is 40.9 Å². The van der Waals surface area contributed by atoms with Crippen molar-refractivity contribution < 1.29 is 14.6 Å². The average Bonchev–Trinajstić information content (AvgIpc) is 2.73. The molecule has 0 bridgehead atoms. The fourth-order valence-corrected chi connectivity index (χ4v) is 3.51. The van der Waals surface area contributed by atoms with E-state index < -0.39 is 0 Å². The van der Waals surface area contributed by atoms with Crippen molar-refractivity contribution in [2.24, 2.45) is 0 Å². The quantitative estimate of drug-likeness (QED) is 0.780. The normalized spacial score (nSPS) is 14.3. The van der Waals surface area contributed by atoms with Gasteiger partial charge in [0.25, 0.3) is 0 Å². The minimum atomic E-state index is -0.0908. The summed E-state index contributed by atoms with van der Waals surface area (Å²) in [7, 11) is 1.44. The van der Waals surface area contributed by atoms with Crippen LogP contribution >= 0.6 is 23.5 Å². The standard InChI is InChI=1S/C6H10O2S2.C3H8.C2H6O/c1-8-5(7)4-6-9-2-3-10-6;1-3-2;1-2-3/h6H,2-4H2,1H3;3H2,1-2H3;3H,2H2,1H3. The molecule has 0 radical (unpaired) electrons. The maximum absolute atomic E-state index is 10.7. The van der Waals surface area contributed by atoms with Crippen LogP contribution in [0, 0.1) is 0 Å². The maximum atomic E-state index is 10.7. The van der Waals surface area contributed by atoms with Gasteiger partial charge in [-0.15, -0.1) is 23.5 Å². The van der Waals surface area contributed by atoms with Crippen molar-refractivity contribution >= 4 is 29.5 Å². The van der Waals surface area contributed by atoms with Gasteiger partial charge in [0.15, 0.2) is 0 Å². The van der Waals surface area contributed by atoms with Gasteiger partial charge in [-0.3, -0.25) is 4.79 Å².